The van der Waals surface area contributed by atoms with Gasteiger partial charge in [0.15, 0.2) is 6.61 Å². The van der Waals surface area contributed by atoms with Gasteiger partial charge in [0.05, 0.1) is 7.11 Å². The largest absolute Gasteiger partial charge is 0.497 e. The molecule has 0 radical (unpaired) electrons. The van der Waals surface area contributed by atoms with Crippen molar-refractivity contribution < 1.29 is 14.3 Å². The number of hydrogen-bond acceptors (Lipinski definition) is 5. The smallest absolute Gasteiger partial charge is 0.262 e. The highest BCUT2D eigenvalue weighted by Gasteiger charge is 2.14. The van der Waals surface area contributed by atoms with Crippen LogP contribution >= 0.6 is 11.8 Å². The third kappa shape index (κ3) is 5.41. The highest BCUT2D eigenvalue weighted by Crippen LogP contribution is 2.20. The summed E-state index contributed by atoms with van der Waals surface area (Å²) in [5.74, 6) is 3.57. The van der Waals surface area contributed by atoms with Crippen molar-refractivity contribution in [1.29, 1.82) is 0 Å². The van der Waals surface area contributed by atoms with E-state index in [1.54, 1.807) is 31.4 Å². The van der Waals surface area contributed by atoms with Gasteiger partial charge in [0.25, 0.3) is 5.91 Å². The molecule has 5 nitrogen and oxygen atoms in total. The molecule has 1 aliphatic heterocycles. The molecule has 3 rings (SSSR count). The van der Waals surface area contributed by atoms with E-state index in [1.807, 2.05) is 30.0 Å². The average Bonchev–Trinajstić information content (AvgIpc) is 2.69. The molecule has 0 unspecified atom stereocenters. The average molecular weight is 372 g/mol. The van der Waals surface area contributed by atoms with Crippen molar-refractivity contribution >= 4 is 23.4 Å². The van der Waals surface area contributed by atoms with Gasteiger partial charge in [0, 0.05) is 36.8 Å². The van der Waals surface area contributed by atoms with E-state index in [0.29, 0.717) is 5.75 Å². The van der Waals surface area contributed by atoms with Crippen molar-refractivity contribution in [2.24, 2.45) is 0 Å². The lowest BCUT2D eigenvalue weighted by Crippen LogP contribution is -2.32. The van der Waals surface area contributed by atoms with Gasteiger partial charge in [0.1, 0.15) is 11.5 Å². The van der Waals surface area contributed by atoms with Crippen LogP contribution in [-0.4, -0.2) is 49.1 Å². The lowest BCUT2D eigenvalue weighted by Gasteiger charge is -2.27. The highest BCUT2D eigenvalue weighted by atomic mass is 32.2. The Morgan fingerprint density at radius 3 is 2.50 bits per heavy atom. The minimum Gasteiger partial charge on any atom is -0.497 e. The van der Waals surface area contributed by atoms with E-state index in [9.17, 15) is 4.79 Å². The Kier molecular flexibility index (Phi) is 6.80. The standard InChI is InChI=1S/C20H24N2O3S/c1-24-17-6-8-18(9-7-17)25-15-20(23)21-19-5-3-2-4-16(19)14-22-10-12-26-13-11-22/h2-9H,10-15H2,1H3,(H,21,23). The van der Waals surface area contributed by atoms with Crippen LogP contribution in [-0.2, 0) is 11.3 Å². The summed E-state index contributed by atoms with van der Waals surface area (Å²) in [5.41, 5.74) is 1.99. The summed E-state index contributed by atoms with van der Waals surface area (Å²) in [5, 5.41) is 2.97. The Labute approximate surface area is 158 Å². The molecule has 26 heavy (non-hydrogen) atoms. The van der Waals surface area contributed by atoms with Gasteiger partial charge in [-0.1, -0.05) is 18.2 Å². The van der Waals surface area contributed by atoms with E-state index in [1.165, 1.54) is 11.5 Å². The molecule has 138 valence electrons. The number of rotatable bonds is 7. The van der Waals surface area contributed by atoms with E-state index in [2.05, 4.69) is 16.3 Å². The maximum atomic E-state index is 12.3. The first kappa shape index (κ1) is 18.6. The number of hydrogen-bond donors (Lipinski definition) is 1. The Morgan fingerprint density at radius 1 is 1.08 bits per heavy atom. The molecule has 1 fully saturated rings. The molecule has 0 aliphatic carbocycles. The summed E-state index contributed by atoms with van der Waals surface area (Å²) in [7, 11) is 1.61. The second kappa shape index (κ2) is 9.50. The number of anilines is 1. The fourth-order valence-electron chi connectivity index (χ4n) is 2.79. The van der Waals surface area contributed by atoms with Gasteiger partial charge < -0.3 is 14.8 Å². The number of ether oxygens (including phenoxy) is 2. The minimum atomic E-state index is -0.164. The molecule has 1 heterocycles. The summed E-state index contributed by atoms with van der Waals surface area (Å²) >= 11 is 2.00. The molecule has 0 spiro atoms. The van der Waals surface area contributed by atoms with Gasteiger partial charge in [-0.25, -0.2) is 0 Å². The molecule has 0 aromatic heterocycles. The molecular weight excluding hydrogens is 348 g/mol. The van der Waals surface area contributed by atoms with Crippen LogP contribution in [0.4, 0.5) is 5.69 Å². The van der Waals surface area contributed by atoms with Gasteiger partial charge in [-0.2, -0.15) is 11.8 Å². The van der Waals surface area contributed by atoms with Crippen molar-refractivity contribution in [3.8, 4) is 11.5 Å². The van der Waals surface area contributed by atoms with Crippen molar-refractivity contribution in [2.45, 2.75) is 6.54 Å². The zero-order valence-electron chi connectivity index (χ0n) is 14.9. The molecule has 1 saturated heterocycles. The van der Waals surface area contributed by atoms with Crippen LogP contribution in [0.1, 0.15) is 5.56 Å². The molecule has 1 amide bonds. The Morgan fingerprint density at radius 2 is 1.77 bits per heavy atom. The number of thioether (sulfide) groups is 1. The number of nitrogens with zero attached hydrogens (tertiary/aromatic N) is 1. The highest BCUT2D eigenvalue weighted by molar-refractivity contribution is 7.99. The monoisotopic (exact) mass is 372 g/mol. The van der Waals surface area contributed by atoms with Crippen LogP contribution in [0, 0.1) is 0 Å². The van der Waals surface area contributed by atoms with Crippen LogP contribution in [0.5, 0.6) is 11.5 Å². The first-order chi connectivity index (χ1) is 12.7. The predicted molar refractivity (Wildman–Crippen MR) is 106 cm³/mol. The third-order valence-electron chi connectivity index (χ3n) is 4.22. The molecule has 6 heteroatoms. The zero-order valence-corrected chi connectivity index (χ0v) is 15.8. The Bertz CT molecular complexity index is 715. The summed E-state index contributed by atoms with van der Waals surface area (Å²) in [6.45, 7) is 3.01. The quantitative estimate of drug-likeness (QED) is 0.808. The number of amides is 1. The van der Waals surface area contributed by atoms with Gasteiger partial charge in [-0.3, -0.25) is 9.69 Å². The van der Waals surface area contributed by atoms with Gasteiger partial charge in [-0.05, 0) is 35.9 Å². The van der Waals surface area contributed by atoms with E-state index in [-0.39, 0.29) is 12.5 Å². The van der Waals surface area contributed by atoms with Gasteiger partial charge >= 0.3 is 0 Å². The molecular formula is C20H24N2O3S. The number of methoxy groups -OCH3 is 1. The van der Waals surface area contributed by atoms with Crippen LogP contribution in [0.25, 0.3) is 0 Å². The summed E-state index contributed by atoms with van der Waals surface area (Å²) < 4.78 is 10.7. The topological polar surface area (TPSA) is 50.8 Å². The van der Waals surface area contributed by atoms with Crippen molar-refractivity contribution in [1.82, 2.24) is 4.90 Å². The maximum Gasteiger partial charge on any atom is 0.262 e. The van der Waals surface area contributed by atoms with Gasteiger partial charge in [0.2, 0.25) is 0 Å². The van der Waals surface area contributed by atoms with E-state index in [0.717, 1.165) is 36.6 Å². The molecule has 2 aromatic carbocycles. The Hall–Kier alpha value is -2.18. The van der Waals surface area contributed by atoms with Crippen LogP contribution in [0.15, 0.2) is 48.5 Å². The summed E-state index contributed by atoms with van der Waals surface area (Å²) in [4.78, 5) is 14.7. The number of carbonyl (C=O) groups is 1. The van der Waals surface area contributed by atoms with Crippen LogP contribution in [0.3, 0.4) is 0 Å². The molecule has 0 saturated carbocycles. The van der Waals surface area contributed by atoms with Crippen molar-refractivity contribution in [2.75, 3.05) is 43.6 Å². The first-order valence-corrected chi connectivity index (χ1v) is 9.85. The van der Waals surface area contributed by atoms with Gasteiger partial charge in [-0.15, -0.1) is 0 Å². The summed E-state index contributed by atoms with van der Waals surface area (Å²) in [6.07, 6.45) is 0. The van der Waals surface area contributed by atoms with Crippen LogP contribution in [0.2, 0.25) is 0 Å². The van der Waals surface area contributed by atoms with Crippen molar-refractivity contribution in [3.05, 3.63) is 54.1 Å². The number of para-hydroxylation sites is 1. The maximum absolute atomic E-state index is 12.3. The first-order valence-electron chi connectivity index (χ1n) is 8.69. The van der Waals surface area contributed by atoms with E-state index in [4.69, 9.17) is 9.47 Å². The fraction of sp³-hybridized carbons (Fsp3) is 0.350. The zero-order chi connectivity index (χ0) is 18.2. The van der Waals surface area contributed by atoms with E-state index >= 15 is 0 Å². The fourth-order valence-corrected chi connectivity index (χ4v) is 3.77. The molecule has 0 bridgehead atoms. The third-order valence-corrected chi connectivity index (χ3v) is 5.16. The molecule has 1 N–H and O–H groups in total. The SMILES string of the molecule is COc1ccc(OCC(=O)Nc2ccccc2CN2CCSCC2)cc1. The lowest BCUT2D eigenvalue weighted by molar-refractivity contribution is -0.118. The number of nitrogens with one attached hydrogen (secondary N) is 1. The molecule has 0 atom stereocenters. The molecule has 1 aliphatic rings. The number of benzene rings is 2. The number of carbonyl (C=O) groups excluding carboxylic acids is 1. The normalized spacial score (nSPS) is 14.7. The van der Waals surface area contributed by atoms with Crippen LogP contribution < -0.4 is 14.8 Å². The lowest BCUT2D eigenvalue weighted by atomic mass is 10.1. The summed E-state index contributed by atoms with van der Waals surface area (Å²) in [6, 6.07) is 15.1. The van der Waals surface area contributed by atoms with E-state index < -0.39 is 0 Å². The Balaban J connectivity index is 1.54. The molecule has 2 aromatic rings. The second-order valence-corrected chi connectivity index (χ2v) is 7.28. The predicted octanol–water partition coefficient (Wildman–Crippen LogP) is 3.26. The van der Waals surface area contributed by atoms with Crippen molar-refractivity contribution in [3.63, 3.8) is 0 Å². The minimum absolute atomic E-state index is 0.0268. The second-order valence-electron chi connectivity index (χ2n) is 6.06.